The number of benzene rings is 1. The third kappa shape index (κ3) is 5.63. The summed E-state index contributed by atoms with van der Waals surface area (Å²) < 4.78 is 6.46. The van der Waals surface area contributed by atoms with Gasteiger partial charge in [-0.05, 0) is 43.0 Å². The topological polar surface area (TPSA) is 21.3 Å². The minimum atomic E-state index is 0.418. The maximum Gasteiger partial charge on any atom is 0.120 e. The first-order chi connectivity index (χ1) is 10.2. The first-order valence-corrected chi connectivity index (χ1v) is 9.03. The number of rotatable bonds is 10. The fourth-order valence-corrected chi connectivity index (χ4v) is 3.39. The molecule has 0 amide bonds. The maximum atomic E-state index is 5.31. The Morgan fingerprint density at radius 1 is 1.19 bits per heavy atom. The second-order valence-corrected chi connectivity index (χ2v) is 6.48. The van der Waals surface area contributed by atoms with E-state index >= 15 is 0 Å². The molecule has 0 spiro atoms. The molecular formula is C18H30BrNO. The third-order valence-corrected chi connectivity index (χ3v) is 4.77. The lowest BCUT2D eigenvalue weighted by Gasteiger charge is -2.29. The molecule has 21 heavy (non-hydrogen) atoms. The van der Waals surface area contributed by atoms with E-state index in [1.165, 1.54) is 31.2 Å². The van der Waals surface area contributed by atoms with Gasteiger partial charge in [-0.1, -0.05) is 62.0 Å². The summed E-state index contributed by atoms with van der Waals surface area (Å²) in [4.78, 5) is 0. The van der Waals surface area contributed by atoms with Gasteiger partial charge in [-0.2, -0.15) is 0 Å². The first-order valence-electron chi connectivity index (χ1n) is 8.24. The molecule has 0 saturated carbocycles. The van der Waals surface area contributed by atoms with Gasteiger partial charge in [0.2, 0.25) is 0 Å². The second-order valence-electron chi connectivity index (χ2n) is 5.63. The Hall–Kier alpha value is -0.540. The second kappa shape index (κ2) is 10.2. The van der Waals surface area contributed by atoms with Gasteiger partial charge in [0.1, 0.15) is 5.75 Å². The SMILES string of the molecule is CCCCC(CC)C(NCCC)c1ccc(OC)cc1Br. The molecule has 1 rings (SSSR count). The molecule has 0 heterocycles. The van der Waals surface area contributed by atoms with E-state index < -0.39 is 0 Å². The van der Waals surface area contributed by atoms with E-state index in [1.807, 2.05) is 0 Å². The molecule has 0 aliphatic carbocycles. The summed E-state index contributed by atoms with van der Waals surface area (Å²) >= 11 is 3.73. The van der Waals surface area contributed by atoms with Gasteiger partial charge in [0.05, 0.1) is 7.11 Å². The van der Waals surface area contributed by atoms with Crippen molar-refractivity contribution >= 4 is 15.9 Å². The van der Waals surface area contributed by atoms with E-state index in [4.69, 9.17) is 4.74 Å². The van der Waals surface area contributed by atoms with Gasteiger partial charge in [-0.25, -0.2) is 0 Å². The number of hydrogen-bond acceptors (Lipinski definition) is 2. The van der Waals surface area contributed by atoms with Crippen LogP contribution < -0.4 is 10.1 Å². The summed E-state index contributed by atoms with van der Waals surface area (Å²) in [6, 6.07) is 6.75. The first kappa shape index (κ1) is 18.5. The van der Waals surface area contributed by atoms with Crippen molar-refractivity contribution in [1.82, 2.24) is 5.32 Å². The molecule has 2 nitrogen and oxygen atoms in total. The normalized spacial score (nSPS) is 14.0. The molecule has 1 aromatic rings. The largest absolute Gasteiger partial charge is 0.497 e. The minimum Gasteiger partial charge on any atom is -0.497 e. The molecule has 0 radical (unpaired) electrons. The van der Waals surface area contributed by atoms with Crippen LogP contribution in [-0.2, 0) is 0 Å². The van der Waals surface area contributed by atoms with Crippen molar-refractivity contribution in [3.8, 4) is 5.75 Å². The number of hydrogen-bond donors (Lipinski definition) is 1. The van der Waals surface area contributed by atoms with Crippen molar-refractivity contribution in [1.29, 1.82) is 0 Å². The monoisotopic (exact) mass is 355 g/mol. The van der Waals surface area contributed by atoms with Gasteiger partial charge in [-0.3, -0.25) is 0 Å². The molecule has 0 aliphatic rings. The summed E-state index contributed by atoms with van der Waals surface area (Å²) in [6.45, 7) is 7.86. The molecule has 0 bridgehead atoms. The van der Waals surface area contributed by atoms with E-state index in [0.29, 0.717) is 12.0 Å². The predicted octanol–water partition coefficient (Wildman–Crippen LogP) is 5.71. The fourth-order valence-electron chi connectivity index (χ4n) is 2.79. The van der Waals surface area contributed by atoms with Crippen molar-refractivity contribution in [2.45, 2.75) is 58.9 Å². The fraction of sp³-hybridized carbons (Fsp3) is 0.667. The van der Waals surface area contributed by atoms with Crippen LogP contribution in [0.3, 0.4) is 0 Å². The molecule has 120 valence electrons. The van der Waals surface area contributed by atoms with Crippen LogP contribution in [0.15, 0.2) is 22.7 Å². The molecule has 2 unspecified atom stereocenters. The van der Waals surface area contributed by atoms with Crippen molar-refractivity contribution in [2.24, 2.45) is 5.92 Å². The van der Waals surface area contributed by atoms with E-state index in [1.54, 1.807) is 7.11 Å². The van der Waals surface area contributed by atoms with Crippen LogP contribution in [0.1, 0.15) is 64.5 Å². The van der Waals surface area contributed by atoms with Crippen molar-refractivity contribution in [3.05, 3.63) is 28.2 Å². The van der Waals surface area contributed by atoms with Crippen LogP contribution in [0.25, 0.3) is 0 Å². The highest BCUT2D eigenvalue weighted by Crippen LogP contribution is 2.35. The zero-order valence-electron chi connectivity index (χ0n) is 13.9. The van der Waals surface area contributed by atoms with E-state index in [0.717, 1.165) is 23.2 Å². The molecule has 1 aromatic carbocycles. The van der Waals surface area contributed by atoms with Crippen molar-refractivity contribution < 1.29 is 4.74 Å². The smallest absolute Gasteiger partial charge is 0.120 e. The number of unbranched alkanes of at least 4 members (excludes halogenated alkanes) is 1. The highest BCUT2D eigenvalue weighted by Gasteiger charge is 2.22. The van der Waals surface area contributed by atoms with Crippen LogP contribution >= 0.6 is 15.9 Å². The molecule has 0 saturated heterocycles. The zero-order chi connectivity index (χ0) is 15.7. The molecule has 1 N–H and O–H groups in total. The minimum absolute atomic E-state index is 0.418. The van der Waals surface area contributed by atoms with Crippen LogP contribution in [-0.4, -0.2) is 13.7 Å². The Kier molecular flexibility index (Phi) is 9.02. The van der Waals surface area contributed by atoms with Crippen molar-refractivity contribution in [2.75, 3.05) is 13.7 Å². The predicted molar refractivity (Wildman–Crippen MR) is 95.0 cm³/mol. The van der Waals surface area contributed by atoms with Crippen LogP contribution in [0, 0.1) is 5.92 Å². The molecule has 0 aliphatic heterocycles. The lowest BCUT2D eigenvalue weighted by molar-refractivity contribution is 0.322. The summed E-state index contributed by atoms with van der Waals surface area (Å²) in [7, 11) is 1.71. The maximum absolute atomic E-state index is 5.31. The summed E-state index contributed by atoms with van der Waals surface area (Å²) in [6.07, 6.45) is 6.22. The van der Waals surface area contributed by atoms with Gasteiger partial charge in [0, 0.05) is 10.5 Å². The Morgan fingerprint density at radius 2 is 1.95 bits per heavy atom. The van der Waals surface area contributed by atoms with Crippen LogP contribution in [0.5, 0.6) is 5.75 Å². The van der Waals surface area contributed by atoms with E-state index in [-0.39, 0.29) is 0 Å². The standard InChI is InChI=1S/C18H30BrNO/c1-5-8-9-14(7-3)18(20-12-6-2)16-11-10-15(21-4)13-17(16)19/h10-11,13-14,18,20H,5-9,12H2,1-4H3. The molecule has 0 fully saturated rings. The molecule has 0 aromatic heterocycles. The number of methoxy groups -OCH3 is 1. The van der Waals surface area contributed by atoms with Gasteiger partial charge in [0.25, 0.3) is 0 Å². The lowest BCUT2D eigenvalue weighted by Crippen LogP contribution is -2.29. The molecular weight excluding hydrogens is 326 g/mol. The van der Waals surface area contributed by atoms with Gasteiger partial charge in [0.15, 0.2) is 0 Å². The van der Waals surface area contributed by atoms with Gasteiger partial charge in [-0.15, -0.1) is 0 Å². The number of halogens is 1. The Labute approximate surface area is 138 Å². The van der Waals surface area contributed by atoms with Crippen LogP contribution in [0.4, 0.5) is 0 Å². The Bertz CT molecular complexity index is 408. The highest BCUT2D eigenvalue weighted by molar-refractivity contribution is 9.10. The number of nitrogens with one attached hydrogen (secondary N) is 1. The summed E-state index contributed by atoms with van der Waals surface area (Å²) in [5, 5.41) is 3.75. The average molecular weight is 356 g/mol. The Balaban J connectivity index is 2.99. The lowest BCUT2D eigenvalue weighted by atomic mass is 9.86. The molecule has 2 atom stereocenters. The van der Waals surface area contributed by atoms with E-state index in [2.05, 4.69) is 60.2 Å². The zero-order valence-corrected chi connectivity index (χ0v) is 15.5. The van der Waals surface area contributed by atoms with Gasteiger partial charge < -0.3 is 10.1 Å². The van der Waals surface area contributed by atoms with Gasteiger partial charge >= 0.3 is 0 Å². The van der Waals surface area contributed by atoms with Crippen LogP contribution in [0.2, 0.25) is 0 Å². The van der Waals surface area contributed by atoms with Crippen molar-refractivity contribution in [3.63, 3.8) is 0 Å². The third-order valence-electron chi connectivity index (χ3n) is 4.08. The Morgan fingerprint density at radius 3 is 2.48 bits per heavy atom. The average Bonchev–Trinajstić information content (AvgIpc) is 2.51. The summed E-state index contributed by atoms with van der Waals surface area (Å²) in [5.74, 6) is 1.59. The van der Waals surface area contributed by atoms with E-state index in [9.17, 15) is 0 Å². The highest BCUT2D eigenvalue weighted by atomic mass is 79.9. The molecule has 3 heteroatoms. The summed E-state index contributed by atoms with van der Waals surface area (Å²) in [5.41, 5.74) is 1.35. The quantitative estimate of drug-likeness (QED) is 0.579. The number of ether oxygens (including phenoxy) is 1.